The van der Waals surface area contributed by atoms with Gasteiger partial charge in [0, 0.05) is 12.8 Å². The average molecular weight is 1270 g/mol. The van der Waals surface area contributed by atoms with E-state index in [9.17, 15) is 14.4 Å². The third-order valence-corrected chi connectivity index (χ3v) is 16.4. The van der Waals surface area contributed by atoms with Crippen LogP contribution in [-0.4, -0.2) is 119 Å². The molecule has 8 aromatic rings. The van der Waals surface area contributed by atoms with Crippen molar-refractivity contribution in [1.82, 2.24) is 5.32 Å². The van der Waals surface area contributed by atoms with E-state index in [1.165, 1.54) is 13.0 Å². The summed E-state index contributed by atoms with van der Waals surface area (Å²) in [5, 5.41) is 2.73. The van der Waals surface area contributed by atoms with Gasteiger partial charge in [-0.15, -0.1) is 0 Å². The standard InChI is InChI=1S/C77H79NO16/c1-3-42-84-74(80)65(78-77(81)90-49-64-62-40-24-22-38-60(62)61-39-23-25-41-63(61)64)50-89-75-72(70(87-47-58-34-18-8-19-35-58)68(85-45-56-30-14-6-15-31-56)66(92-75)51-82-43-54-26-10-4-11-27-54)94-76-73(91-53(2)79)71(88-48-59-36-20-9-21-37-59)69(86-46-57-32-16-7-17-33-57)67(93-76)52-83-44-55-28-12-5-13-29-55/h3-41,64-73,75-76H,1,42-52H2,2H3,(H,78,81)/t65-,66+,67+,68+,69+,70-,71-,72-,73-,75-,76+/m0/s1. The molecule has 17 nitrogen and oxygen atoms in total. The molecule has 0 saturated carbocycles. The second-order valence-electron chi connectivity index (χ2n) is 23.1. The van der Waals surface area contributed by atoms with Crippen LogP contribution in [-0.2, 0) is 111 Å². The third kappa shape index (κ3) is 18.4. The van der Waals surface area contributed by atoms with E-state index in [-0.39, 0.29) is 72.0 Å². The van der Waals surface area contributed by atoms with Gasteiger partial charge in [-0.1, -0.05) is 243 Å². The quantitative estimate of drug-likeness (QED) is 0.0238. The molecule has 0 unspecified atom stereocenters. The molecule has 1 aliphatic carbocycles. The van der Waals surface area contributed by atoms with Crippen LogP contribution in [0.25, 0.3) is 11.1 Å². The van der Waals surface area contributed by atoms with Crippen LogP contribution < -0.4 is 5.32 Å². The molecule has 11 atom stereocenters. The molecule has 2 saturated heterocycles. The highest BCUT2D eigenvalue weighted by atomic mass is 16.8. The fraction of sp³-hybridized carbons (Fsp3) is 0.312. The van der Waals surface area contributed by atoms with Crippen LogP contribution in [0.2, 0.25) is 0 Å². The summed E-state index contributed by atoms with van der Waals surface area (Å²) in [7, 11) is 0. The van der Waals surface area contributed by atoms with Crippen molar-refractivity contribution < 1.29 is 76.0 Å². The van der Waals surface area contributed by atoms with Crippen LogP contribution in [0.5, 0.6) is 0 Å². The smallest absolute Gasteiger partial charge is 0.407 e. The molecule has 8 aromatic carbocycles. The van der Waals surface area contributed by atoms with Gasteiger partial charge < -0.3 is 66.9 Å². The van der Waals surface area contributed by atoms with Crippen molar-refractivity contribution in [2.45, 2.75) is 120 Å². The minimum atomic E-state index is -1.51. The molecule has 0 aromatic heterocycles. The molecule has 11 rings (SSSR count). The summed E-state index contributed by atoms with van der Waals surface area (Å²) >= 11 is 0. The number of nitrogens with one attached hydrogen (secondary N) is 1. The molecule has 94 heavy (non-hydrogen) atoms. The van der Waals surface area contributed by atoms with E-state index in [2.05, 4.69) is 11.9 Å². The van der Waals surface area contributed by atoms with E-state index in [1.54, 1.807) is 0 Å². The van der Waals surface area contributed by atoms with Crippen LogP contribution in [0.15, 0.2) is 243 Å². The first kappa shape index (κ1) is 66.8. The van der Waals surface area contributed by atoms with Gasteiger partial charge in [0.05, 0.1) is 59.5 Å². The molecule has 0 bridgehead atoms. The molecule has 3 aliphatic rings. The van der Waals surface area contributed by atoms with Gasteiger partial charge in [-0.05, 0) is 55.6 Å². The Morgan fingerprint density at radius 2 is 0.819 bits per heavy atom. The first-order valence-corrected chi connectivity index (χ1v) is 31.7. The maximum atomic E-state index is 14.3. The zero-order valence-corrected chi connectivity index (χ0v) is 52.5. The SMILES string of the molecule is C=CCOC(=O)[C@H](CO[C@H]1O[C@H](COCc2ccccc2)[C@@H](OCc2ccccc2)[C@H](OCc2ccccc2)[C@@H]1O[C@H]1O[C@H](COCc2ccccc2)[C@@H](OCc2ccccc2)[C@H](OCc2ccccc2)[C@@H]1OC(C)=O)NC(=O)OCC1c2ccccc2-c2ccccc21. The normalized spacial score (nSPS) is 21.8. The van der Waals surface area contributed by atoms with E-state index in [0.717, 1.165) is 55.6 Å². The molecule has 2 aliphatic heterocycles. The van der Waals surface area contributed by atoms with Crippen molar-refractivity contribution in [1.29, 1.82) is 0 Å². The fourth-order valence-corrected chi connectivity index (χ4v) is 11.9. The van der Waals surface area contributed by atoms with E-state index in [1.807, 2.05) is 231 Å². The first-order valence-electron chi connectivity index (χ1n) is 31.7. The van der Waals surface area contributed by atoms with Gasteiger partial charge in [0.25, 0.3) is 0 Å². The van der Waals surface area contributed by atoms with Crippen molar-refractivity contribution >= 4 is 18.0 Å². The second kappa shape index (κ2) is 34.5. The van der Waals surface area contributed by atoms with Crippen molar-refractivity contribution in [3.63, 3.8) is 0 Å². The van der Waals surface area contributed by atoms with E-state index in [4.69, 9.17) is 61.6 Å². The highest BCUT2D eigenvalue weighted by Crippen LogP contribution is 2.45. The van der Waals surface area contributed by atoms with E-state index >= 15 is 0 Å². The maximum absolute atomic E-state index is 14.3. The Hall–Kier alpha value is -8.69. The van der Waals surface area contributed by atoms with Crippen LogP contribution >= 0.6 is 0 Å². The van der Waals surface area contributed by atoms with Gasteiger partial charge in [0.1, 0.15) is 55.9 Å². The Kier molecular flexibility index (Phi) is 24.5. The first-order chi connectivity index (χ1) is 46.2. The number of amides is 1. The zero-order valence-electron chi connectivity index (χ0n) is 52.5. The number of esters is 2. The van der Waals surface area contributed by atoms with Gasteiger partial charge in [0.15, 0.2) is 24.7 Å². The van der Waals surface area contributed by atoms with Gasteiger partial charge in [0.2, 0.25) is 0 Å². The summed E-state index contributed by atoms with van der Waals surface area (Å²) in [6, 6.07) is 72.5. The van der Waals surface area contributed by atoms with Crippen molar-refractivity contribution in [2.75, 3.05) is 33.0 Å². The number of rotatable bonds is 32. The highest BCUT2D eigenvalue weighted by molar-refractivity contribution is 5.82. The molecular formula is C77H79NO16. The number of benzene rings is 8. The Labute approximate surface area is 548 Å². The third-order valence-electron chi connectivity index (χ3n) is 16.4. The predicted molar refractivity (Wildman–Crippen MR) is 349 cm³/mol. The summed E-state index contributed by atoms with van der Waals surface area (Å²) in [6.07, 6.45) is -11.3. The molecule has 0 spiro atoms. The number of hydrogen-bond donors (Lipinski definition) is 1. The molecule has 1 N–H and O–H groups in total. The average Bonchev–Trinajstić information content (AvgIpc) is 1.39. The zero-order chi connectivity index (χ0) is 64.7. The highest BCUT2D eigenvalue weighted by Gasteiger charge is 2.56. The van der Waals surface area contributed by atoms with Gasteiger partial charge in [-0.2, -0.15) is 0 Å². The lowest BCUT2D eigenvalue weighted by Crippen LogP contribution is -2.67. The number of hydrogen-bond acceptors (Lipinski definition) is 16. The molecular weight excluding hydrogens is 1190 g/mol. The summed E-state index contributed by atoms with van der Waals surface area (Å²) in [6.45, 7) is 4.93. The van der Waals surface area contributed by atoms with Crippen molar-refractivity contribution in [2.24, 2.45) is 0 Å². The largest absolute Gasteiger partial charge is 0.460 e. The summed E-state index contributed by atoms with van der Waals surface area (Å²) in [5.41, 5.74) is 9.33. The van der Waals surface area contributed by atoms with Crippen LogP contribution in [0.4, 0.5) is 4.79 Å². The number of carbonyl (C=O) groups is 3. The Balaban J connectivity index is 0.970. The monoisotopic (exact) mass is 1270 g/mol. The Bertz CT molecular complexity index is 3560. The van der Waals surface area contributed by atoms with Crippen LogP contribution in [0.1, 0.15) is 57.3 Å². The second-order valence-corrected chi connectivity index (χ2v) is 23.1. The lowest BCUT2D eigenvalue weighted by Gasteiger charge is -2.50. The summed E-state index contributed by atoms with van der Waals surface area (Å²) in [5.74, 6) is -1.79. The molecule has 1 amide bonds. The van der Waals surface area contributed by atoms with E-state index < -0.39 is 92.1 Å². The molecule has 0 radical (unpaired) electrons. The van der Waals surface area contributed by atoms with Gasteiger partial charge in [-0.25, -0.2) is 9.59 Å². The topological polar surface area (TPSA) is 183 Å². The fourth-order valence-electron chi connectivity index (χ4n) is 11.9. The van der Waals surface area contributed by atoms with Crippen molar-refractivity contribution in [3.8, 4) is 11.1 Å². The Morgan fingerprint density at radius 1 is 0.436 bits per heavy atom. The Morgan fingerprint density at radius 3 is 1.24 bits per heavy atom. The molecule has 488 valence electrons. The minimum Gasteiger partial charge on any atom is -0.460 e. The number of fused-ring (bicyclic) bond motifs is 3. The number of alkyl carbamates (subject to hydrolysis) is 1. The van der Waals surface area contributed by atoms with Crippen molar-refractivity contribution in [3.05, 3.63) is 288 Å². The summed E-state index contributed by atoms with van der Waals surface area (Å²) < 4.78 is 87.6. The number of ether oxygens (including phenoxy) is 13. The lowest BCUT2D eigenvalue weighted by atomic mass is 9.96. The molecule has 2 heterocycles. The lowest BCUT2D eigenvalue weighted by molar-refractivity contribution is -0.380. The molecule has 17 heteroatoms. The predicted octanol–water partition coefficient (Wildman–Crippen LogP) is 12.2. The maximum Gasteiger partial charge on any atom is 0.407 e. The van der Waals surface area contributed by atoms with Gasteiger partial charge >= 0.3 is 18.0 Å². The van der Waals surface area contributed by atoms with Gasteiger partial charge in [-0.3, -0.25) is 4.79 Å². The summed E-state index contributed by atoms with van der Waals surface area (Å²) in [4.78, 5) is 42.3. The van der Waals surface area contributed by atoms with Crippen LogP contribution in [0, 0.1) is 0 Å². The van der Waals surface area contributed by atoms with E-state index in [0.29, 0.717) is 0 Å². The minimum absolute atomic E-state index is 0.0355. The molecule has 2 fully saturated rings. The van der Waals surface area contributed by atoms with Crippen LogP contribution in [0.3, 0.4) is 0 Å². The number of carbonyl (C=O) groups excluding carboxylic acids is 3.